The van der Waals surface area contributed by atoms with Crippen molar-refractivity contribution in [3.8, 4) is 0 Å². The minimum absolute atomic E-state index is 0.192. The summed E-state index contributed by atoms with van der Waals surface area (Å²) >= 11 is 0. The molecule has 0 saturated carbocycles. The van der Waals surface area contributed by atoms with Gasteiger partial charge in [-0.05, 0) is 13.0 Å². The van der Waals surface area contributed by atoms with Gasteiger partial charge in [-0.25, -0.2) is 0 Å². The van der Waals surface area contributed by atoms with Crippen molar-refractivity contribution in [1.29, 1.82) is 0 Å². The average molecular weight is 203 g/mol. The summed E-state index contributed by atoms with van der Waals surface area (Å²) in [6.45, 7) is 3.66. The highest BCUT2D eigenvalue weighted by molar-refractivity contribution is 5.75. The SMILES string of the molecule is CCCCN(CC(N)=O)CC(O)CN. The first kappa shape index (κ1) is 13.4. The van der Waals surface area contributed by atoms with Crippen LogP contribution in [0.1, 0.15) is 19.8 Å². The summed E-state index contributed by atoms with van der Waals surface area (Å²) in [5.74, 6) is -0.370. The number of primary amides is 1. The molecule has 1 atom stereocenters. The molecule has 5 nitrogen and oxygen atoms in total. The van der Waals surface area contributed by atoms with Gasteiger partial charge in [-0.3, -0.25) is 9.69 Å². The fourth-order valence-electron chi connectivity index (χ4n) is 1.21. The Morgan fingerprint density at radius 1 is 1.57 bits per heavy atom. The second-order valence-electron chi connectivity index (χ2n) is 3.44. The van der Waals surface area contributed by atoms with Crippen molar-refractivity contribution < 1.29 is 9.90 Å². The molecule has 0 heterocycles. The van der Waals surface area contributed by atoms with Crippen LogP contribution < -0.4 is 11.5 Å². The van der Waals surface area contributed by atoms with Gasteiger partial charge < -0.3 is 16.6 Å². The molecule has 0 aliphatic carbocycles. The summed E-state index contributed by atoms with van der Waals surface area (Å²) in [6, 6.07) is 0. The van der Waals surface area contributed by atoms with Gasteiger partial charge in [0.25, 0.3) is 0 Å². The molecule has 0 saturated heterocycles. The number of hydrogen-bond donors (Lipinski definition) is 3. The van der Waals surface area contributed by atoms with Crippen molar-refractivity contribution >= 4 is 5.91 Å². The molecule has 1 amide bonds. The van der Waals surface area contributed by atoms with E-state index in [0.29, 0.717) is 6.54 Å². The lowest BCUT2D eigenvalue weighted by molar-refractivity contribution is -0.119. The number of aliphatic hydroxyl groups is 1. The molecule has 5 N–H and O–H groups in total. The first-order chi connectivity index (χ1) is 6.60. The Balaban J connectivity index is 3.89. The molecule has 5 heteroatoms. The van der Waals surface area contributed by atoms with Gasteiger partial charge in [0.2, 0.25) is 5.91 Å². The second kappa shape index (κ2) is 7.73. The third-order valence-electron chi connectivity index (χ3n) is 1.95. The van der Waals surface area contributed by atoms with Crippen LogP contribution in [0.3, 0.4) is 0 Å². The van der Waals surface area contributed by atoms with Crippen molar-refractivity contribution in [2.24, 2.45) is 11.5 Å². The van der Waals surface area contributed by atoms with E-state index in [2.05, 4.69) is 6.92 Å². The Morgan fingerprint density at radius 2 is 2.21 bits per heavy atom. The zero-order valence-electron chi connectivity index (χ0n) is 8.78. The Kier molecular flexibility index (Phi) is 7.37. The molecule has 0 bridgehead atoms. The number of amides is 1. The molecule has 0 fully saturated rings. The standard InChI is InChI=1S/C9H21N3O2/c1-2-3-4-12(7-9(11)14)6-8(13)5-10/h8,13H,2-7,10H2,1H3,(H2,11,14). The summed E-state index contributed by atoms with van der Waals surface area (Å²) in [5, 5.41) is 9.32. The van der Waals surface area contributed by atoms with Crippen LogP contribution in [0.2, 0.25) is 0 Å². The van der Waals surface area contributed by atoms with Gasteiger partial charge in [-0.1, -0.05) is 13.3 Å². The maximum absolute atomic E-state index is 10.7. The molecule has 0 spiro atoms. The Bertz CT molecular complexity index is 164. The van der Waals surface area contributed by atoms with Crippen LogP contribution in [0.15, 0.2) is 0 Å². The van der Waals surface area contributed by atoms with E-state index in [-0.39, 0.29) is 19.0 Å². The third kappa shape index (κ3) is 6.82. The van der Waals surface area contributed by atoms with Crippen LogP contribution in [-0.2, 0) is 4.79 Å². The van der Waals surface area contributed by atoms with Crippen LogP contribution in [0, 0.1) is 0 Å². The highest BCUT2D eigenvalue weighted by Crippen LogP contribution is 1.96. The lowest BCUT2D eigenvalue weighted by atomic mass is 10.2. The molecule has 14 heavy (non-hydrogen) atoms. The quantitative estimate of drug-likeness (QED) is 0.466. The van der Waals surface area contributed by atoms with Gasteiger partial charge in [-0.15, -0.1) is 0 Å². The molecule has 0 aliphatic rings. The normalized spacial score (nSPS) is 13.1. The van der Waals surface area contributed by atoms with E-state index >= 15 is 0 Å². The first-order valence-corrected chi connectivity index (χ1v) is 4.99. The number of hydrogen-bond acceptors (Lipinski definition) is 4. The van der Waals surface area contributed by atoms with Gasteiger partial charge in [0, 0.05) is 13.1 Å². The number of nitrogens with two attached hydrogens (primary N) is 2. The summed E-state index contributed by atoms with van der Waals surface area (Å²) in [4.78, 5) is 12.5. The van der Waals surface area contributed by atoms with Gasteiger partial charge in [0.1, 0.15) is 0 Å². The maximum Gasteiger partial charge on any atom is 0.231 e. The summed E-state index contributed by atoms with van der Waals surface area (Å²) in [7, 11) is 0. The fourth-order valence-corrected chi connectivity index (χ4v) is 1.21. The summed E-state index contributed by atoms with van der Waals surface area (Å²) in [6.07, 6.45) is 1.46. The topological polar surface area (TPSA) is 92.6 Å². The van der Waals surface area contributed by atoms with Crippen LogP contribution in [-0.4, -0.2) is 48.2 Å². The molecule has 0 rings (SSSR count). The third-order valence-corrected chi connectivity index (χ3v) is 1.95. The van der Waals surface area contributed by atoms with Crippen LogP contribution in [0.5, 0.6) is 0 Å². The van der Waals surface area contributed by atoms with Crippen molar-refractivity contribution in [2.75, 3.05) is 26.2 Å². The van der Waals surface area contributed by atoms with Gasteiger partial charge in [0.15, 0.2) is 0 Å². The number of rotatable bonds is 8. The van der Waals surface area contributed by atoms with Crippen LogP contribution >= 0.6 is 0 Å². The lowest BCUT2D eigenvalue weighted by Crippen LogP contribution is -2.41. The number of unbranched alkanes of at least 4 members (excludes halogenated alkanes) is 1. The van der Waals surface area contributed by atoms with E-state index in [1.165, 1.54) is 0 Å². The Morgan fingerprint density at radius 3 is 2.64 bits per heavy atom. The maximum atomic E-state index is 10.7. The molecule has 0 aliphatic heterocycles. The Labute approximate surface area is 85.1 Å². The number of nitrogens with zero attached hydrogens (tertiary/aromatic N) is 1. The summed E-state index contributed by atoms with van der Waals surface area (Å²) < 4.78 is 0. The number of carbonyl (C=O) groups excluding carboxylic acids is 1. The van der Waals surface area contributed by atoms with E-state index in [1.54, 1.807) is 0 Å². The number of carbonyl (C=O) groups is 1. The molecule has 0 aromatic heterocycles. The molecular weight excluding hydrogens is 182 g/mol. The second-order valence-corrected chi connectivity index (χ2v) is 3.44. The molecule has 84 valence electrons. The molecular formula is C9H21N3O2. The number of aliphatic hydroxyl groups excluding tert-OH is 1. The van der Waals surface area contributed by atoms with Crippen molar-refractivity contribution in [3.63, 3.8) is 0 Å². The van der Waals surface area contributed by atoms with Crippen molar-refractivity contribution in [1.82, 2.24) is 4.90 Å². The zero-order valence-corrected chi connectivity index (χ0v) is 8.78. The van der Waals surface area contributed by atoms with E-state index in [1.807, 2.05) is 4.90 Å². The van der Waals surface area contributed by atoms with Gasteiger partial charge in [0.05, 0.1) is 12.6 Å². The molecule has 0 aromatic rings. The molecule has 0 aromatic carbocycles. The minimum Gasteiger partial charge on any atom is -0.390 e. The summed E-state index contributed by atoms with van der Waals surface area (Å²) in [5.41, 5.74) is 10.4. The van der Waals surface area contributed by atoms with E-state index in [0.717, 1.165) is 19.4 Å². The smallest absolute Gasteiger partial charge is 0.231 e. The lowest BCUT2D eigenvalue weighted by Gasteiger charge is -2.22. The monoisotopic (exact) mass is 203 g/mol. The minimum atomic E-state index is -0.578. The van der Waals surface area contributed by atoms with E-state index in [4.69, 9.17) is 11.5 Å². The average Bonchev–Trinajstić information content (AvgIpc) is 2.13. The van der Waals surface area contributed by atoms with Crippen molar-refractivity contribution in [3.05, 3.63) is 0 Å². The van der Waals surface area contributed by atoms with Gasteiger partial charge in [-0.2, -0.15) is 0 Å². The molecule has 0 radical (unpaired) electrons. The predicted octanol–water partition coefficient (Wildman–Crippen LogP) is -1.11. The van der Waals surface area contributed by atoms with E-state index < -0.39 is 6.10 Å². The largest absolute Gasteiger partial charge is 0.390 e. The Hall–Kier alpha value is -0.650. The van der Waals surface area contributed by atoms with E-state index in [9.17, 15) is 9.90 Å². The first-order valence-electron chi connectivity index (χ1n) is 4.99. The van der Waals surface area contributed by atoms with Crippen molar-refractivity contribution in [2.45, 2.75) is 25.9 Å². The highest BCUT2D eigenvalue weighted by Gasteiger charge is 2.11. The fraction of sp³-hybridized carbons (Fsp3) is 0.889. The van der Waals surface area contributed by atoms with Crippen LogP contribution in [0.4, 0.5) is 0 Å². The highest BCUT2D eigenvalue weighted by atomic mass is 16.3. The van der Waals surface area contributed by atoms with Gasteiger partial charge >= 0.3 is 0 Å². The molecule has 1 unspecified atom stereocenters. The van der Waals surface area contributed by atoms with Crippen LogP contribution in [0.25, 0.3) is 0 Å². The zero-order chi connectivity index (χ0) is 11.0. The predicted molar refractivity (Wildman–Crippen MR) is 55.6 cm³/mol.